The van der Waals surface area contributed by atoms with Gasteiger partial charge in [0.1, 0.15) is 5.65 Å². The van der Waals surface area contributed by atoms with Crippen LogP contribution in [0.4, 0.5) is 0 Å². The standard InChI is InChI=1S/C8H6BrClN2/c1-12-4-7(9)6-2-5(10)3-11-8(6)12/h2-4H,1H3. The molecule has 0 aliphatic rings. The van der Waals surface area contributed by atoms with Gasteiger partial charge in [0.15, 0.2) is 0 Å². The summed E-state index contributed by atoms with van der Waals surface area (Å²) in [5, 5.41) is 1.71. The van der Waals surface area contributed by atoms with E-state index < -0.39 is 0 Å². The van der Waals surface area contributed by atoms with E-state index >= 15 is 0 Å². The largest absolute Gasteiger partial charge is 0.334 e. The van der Waals surface area contributed by atoms with Gasteiger partial charge >= 0.3 is 0 Å². The molecule has 4 heteroatoms. The first-order valence-corrected chi connectivity index (χ1v) is 4.61. The summed E-state index contributed by atoms with van der Waals surface area (Å²) in [5.41, 5.74) is 0.936. The normalized spacial score (nSPS) is 10.9. The van der Waals surface area contributed by atoms with Gasteiger partial charge in [0.05, 0.1) is 5.02 Å². The highest BCUT2D eigenvalue weighted by atomic mass is 79.9. The molecule has 0 aromatic carbocycles. The second-order valence-electron chi connectivity index (χ2n) is 2.61. The molecule has 2 aromatic heterocycles. The Labute approximate surface area is 83.3 Å². The van der Waals surface area contributed by atoms with E-state index in [1.165, 1.54) is 0 Å². The molecule has 0 atom stereocenters. The van der Waals surface area contributed by atoms with Gasteiger partial charge in [-0.1, -0.05) is 11.6 Å². The van der Waals surface area contributed by atoms with E-state index in [2.05, 4.69) is 20.9 Å². The minimum absolute atomic E-state index is 0.661. The molecular weight excluding hydrogens is 239 g/mol. The van der Waals surface area contributed by atoms with Crippen molar-refractivity contribution in [2.24, 2.45) is 7.05 Å². The lowest BCUT2D eigenvalue weighted by Gasteiger charge is -1.93. The fourth-order valence-corrected chi connectivity index (χ4v) is 1.95. The molecule has 12 heavy (non-hydrogen) atoms. The van der Waals surface area contributed by atoms with Gasteiger partial charge < -0.3 is 4.57 Å². The number of aromatic nitrogens is 2. The Morgan fingerprint density at radius 3 is 3.08 bits per heavy atom. The molecule has 62 valence electrons. The first kappa shape index (κ1) is 8.08. The van der Waals surface area contributed by atoms with Gasteiger partial charge in [0.25, 0.3) is 0 Å². The number of rotatable bonds is 0. The zero-order chi connectivity index (χ0) is 8.72. The third-order valence-corrected chi connectivity index (χ3v) is 2.57. The highest BCUT2D eigenvalue weighted by molar-refractivity contribution is 9.10. The topological polar surface area (TPSA) is 17.8 Å². The molecule has 0 bridgehead atoms. The van der Waals surface area contributed by atoms with Crippen LogP contribution in [0.15, 0.2) is 22.9 Å². The third kappa shape index (κ3) is 1.13. The van der Waals surface area contributed by atoms with Gasteiger partial charge in [0, 0.05) is 29.3 Å². The average Bonchev–Trinajstić information content (AvgIpc) is 2.28. The lowest BCUT2D eigenvalue weighted by Crippen LogP contribution is -1.86. The fraction of sp³-hybridized carbons (Fsp3) is 0.125. The maximum atomic E-state index is 5.81. The summed E-state index contributed by atoms with van der Waals surface area (Å²) in [5.74, 6) is 0. The Morgan fingerprint density at radius 2 is 2.33 bits per heavy atom. The van der Waals surface area contributed by atoms with Crippen molar-refractivity contribution in [3.05, 3.63) is 28.0 Å². The van der Waals surface area contributed by atoms with Crippen LogP contribution >= 0.6 is 27.5 Å². The number of pyridine rings is 1. The van der Waals surface area contributed by atoms with Crippen LogP contribution in [0.1, 0.15) is 0 Å². The Kier molecular flexibility index (Phi) is 1.85. The van der Waals surface area contributed by atoms with E-state index in [-0.39, 0.29) is 0 Å². The maximum absolute atomic E-state index is 5.81. The molecule has 0 N–H and O–H groups in total. The van der Waals surface area contributed by atoms with Crippen molar-refractivity contribution < 1.29 is 0 Å². The molecule has 0 aliphatic heterocycles. The van der Waals surface area contributed by atoms with Crippen LogP contribution in [0, 0.1) is 0 Å². The first-order valence-electron chi connectivity index (χ1n) is 3.44. The van der Waals surface area contributed by atoms with Crippen LogP contribution in [0.5, 0.6) is 0 Å². The molecule has 0 saturated heterocycles. The smallest absolute Gasteiger partial charge is 0.140 e. The van der Waals surface area contributed by atoms with Crippen LogP contribution in [0.25, 0.3) is 11.0 Å². The van der Waals surface area contributed by atoms with Gasteiger partial charge in [-0.05, 0) is 22.0 Å². The van der Waals surface area contributed by atoms with Gasteiger partial charge in [-0.25, -0.2) is 4.98 Å². The zero-order valence-corrected chi connectivity index (χ0v) is 8.72. The number of fused-ring (bicyclic) bond motifs is 1. The minimum Gasteiger partial charge on any atom is -0.334 e. The Bertz CT molecular complexity index is 436. The molecule has 2 nitrogen and oxygen atoms in total. The maximum Gasteiger partial charge on any atom is 0.140 e. The molecule has 0 amide bonds. The van der Waals surface area contributed by atoms with Gasteiger partial charge in [-0.15, -0.1) is 0 Å². The summed E-state index contributed by atoms with van der Waals surface area (Å²) >= 11 is 9.24. The SMILES string of the molecule is Cn1cc(Br)c2cc(Cl)cnc21. The number of nitrogens with zero attached hydrogens (tertiary/aromatic N) is 2. The zero-order valence-electron chi connectivity index (χ0n) is 6.38. The summed E-state index contributed by atoms with van der Waals surface area (Å²) < 4.78 is 2.98. The van der Waals surface area contributed by atoms with Crippen molar-refractivity contribution in [1.82, 2.24) is 9.55 Å². The lowest BCUT2D eigenvalue weighted by molar-refractivity contribution is 0.946. The van der Waals surface area contributed by atoms with Crippen LogP contribution in [-0.2, 0) is 7.05 Å². The molecule has 0 radical (unpaired) electrons. The van der Waals surface area contributed by atoms with Gasteiger partial charge in [-0.3, -0.25) is 0 Å². The van der Waals surface area contributed by atoms with Crippen molar-refractivity contribution in [1.29, 1.82) is 0 Å². The van der Waals surface area contributed by atoms with Gasteiger partial charge in [-0.2, -0.15) is 0 Å². The fourth-order valence-electron chi connectivity index (χ4n) is 1.19. The quantitative estimate of drug-likeness (QED) is 0.698. The van der Waals surface area contributed by atoms with Crippen molar-refractivity contribution in [3.63, 3.8) is 0 Å². The summed E-state index contributed by atoms with van der Waals surface area (Å²) in [7, 11) is 1.95. The van der Waals surface area contributed by atoms with Crippen LogP contribution in [-0.4, -0.2) is 9.55 Å². The third-order valence-electron chi connectivity index (χ3n) is 1.73. The van der Waals surface area contributed by atoms with Gasteiger partial charge in [0.2, 0.25) is 0 Å². The summed E-state index contributed by atoms with van der Waals surface area (Å²) in [6.45, 7) is 0. The highest BCUT2D eigenvalue weighted by Gasteiger charge is 2.04. The monoisotopic (exact) mass is 244 g/mol. The Balaban J connectivity index is 2.90. The summed E-state index contributed by atoms with van der Waals surface area (Å²) in [6, 6.07) is 1.90. The number of hydrogen-bond donors (Lipinski definition) is 0. The molecule has 2 aromatic rings. The predicted molar refractivity (Wildman–Crippen MR) is 53.4 cm³/mol. The van der Waals surface area contributed by atoms with Crippen molar-refractivity contribution in [3.8, 4) is 0 Å². The molecular formula is C8H6BrClN2. The van der Waals surface area contributed by atoms with Crippen LogP contribution < -0.4 is 0 Å². The van der Waals surface area contributed by atoms with E-state index in [4.69, 9.17) is 11.6 Å². The van der Waals surface area contributed by atoms with Crippen LogP contribution in [0.3, 0.4) is 0 Å². The molecule has 0 spiro atoms. The summed E-state index contributed by atoms with van der Waals surface area (Å²) in [4.78, 5) is 4.20. The highest BCUT2D eigenvalue weighted by Crippen LogP contribution is 2.25. The number of halogens is 2. The van der Waals surface area contributed by atoms with E-state index in [1.54, 1.807) is 6.20 Å². The van der Waals surface area contributed by atoms with E-state index in [0.717, 1.165) is 15.5 Å². The molecule has 0 saturated carbocycles. The number of aryl methyl sites for hydroxylation is 1. The second-order valence-corrected chi connectivity index (χ2v) is 3.90. The first-order chi connectivity index (χ1) is 5.68. The molecule has 2 rings (SSSR count). The molecule has 2 heterocycles. The molecule has 0 unspecified atom stereocenters. The van der Waals surface area contributed by atoms with Crippen molar-refractivity contribution in [2.45, 2.75) is 0 Å². The second kappa shape index (κ2) is 2.75. The molecule has 0 aliphatic carbocycles. The van der Waals surface area contributed by atoms with E-state index in [9.17, 15) is 0 Å². The summed E-state index contributed by atoms with van der Waals surface area (Å²) in [6.07, 6.45) is 3.62. The van der Waals surface area contributed by atoms with Crippen molar-refractivity contribution >= 4 is 38.6 Å². The molecule has 0 fully saturated rings. The predicted octanol–water partition coefficient (Wildman–Crippen LogP) is 2.99. The Morgan fingerprint density at radius 1 is 1.58 bits per heavy atom. The van der Waals surface area contributed by atoms with E-state index in [1.807, 2.05) is 23.9 Å². The van der Waals surface area contributed by atoms with Crippen molar-refractivity contribution in [2.75, 3.05) is 0 Å². The average molecular weight is 246 g/mol. The number of hydrogen-bond acceptors (Lipinski definition) is 1. The minimum atomic E-state index is 0.661. The lowest BCUT2D eigenvalue weighted by atomic mass is 10.3. The van der Waals surface area contributed by atoms with Crippen LogP contribution in [0.2, 0.25) is 5.02 Å². The Hall–Kier alpha value is -0.540. The van der Waals surface area contributed by atoms with E-state index in [0.29, 0.717) is 5.02 Å².